The lowest BCUT2D eigenvalue weighted by Gasteiger charge is -2.25. The zero-order chi connectivity index (χ0) is 13.2. The second-order valence-corrected chi connectivity index (χ2v) is 5.32. The van der Waals surface area contributed by atoms with E-state index >= 15 is 0 Å². The molecule has 0 aliphatic heterocycles. The zero-order valence-corrected chi connectivity index (χ0v) is 10.8. The van der Waals surface area contributed by atoms with Gasteiger partial charge in [0.15, 0.2) is 0 Å². The SMILES string of the molecule is Oc1ccc(Cc2ccc(C3CCC3)cc2)c(F)c1. The predicted molar refractivity (Wildman–Crippen MR) is 73.9 cm³/mol. The highest BCUT2D eigenvalue weighted by Crippen LogP contribution is 2.36. The molecule has 0 atom stereocenters. The largest absolute Gasteiger partial charge is 0.508 e. The average Bonchev–Trinajstić information content (AvgIpc) is 2.33. The molecule has 0 bridgehead atoms. The minimum Gasteiger partial charge on any atom is -0.508 e. The van der Waals surface area contributed by atoms with Gasteiger partial charge in [-0.2, -0.15) is 0 Å². The zero-order valence-electron chi connectivity index (χ0n) is 10.8. The molecule has 2 aromatic rings. The number of aromatic hydroxyl groups is 1. The van der Waals surface area contributed by atoms with Gasteiger partial charge in [0, 0.05) is 12.5 Å². The molecule has 0 amide bonds. The van der Waals surface area contributed by atoms with Crippen molar-refractivity contribution in [3.8, 4) is 5.75 Å². The van der Waals surface area contributed by atoms with E-state index in [0.29, 0.717) is 12.0 Å². The molecular formula is C17H17FO. The third kappa shape index (κ3) is 2.62. The van der Waals surface area contributed by atoms with Gasteiger partial charge in [-0.3, -0.25) is 0 Å². The molecule has 1 aliphatic carbocycles. The summed E-state index contributed by atoms with van der Waals surface area (Å²) in [6.45, 7) is 0. The van der Waals surface area contributed by atoms with Gasteiger partial charge in [0.2, 0.25) is 0 Å². The molecule has 0 aromatic heterocycles. The predicted octanol–water partition coefficient (Wildman–Crippen LogP) is 4.39. The summed E-state index contributed by atoms with van der Waals surface area (Å²) in [7, 11) is 0. The quantitative estimate of drug-likeness (QED) is 0.863. The summed E-state index contributed by atoms with van der Waals surface area (Å²) in [5.74, 6) is 0.365. The fourth-order valence-corrected chi connectivity index (χ4v) is 2.55. The fraction of sp³-hybridized carbons (Fsp3) is 0.294. The van der Waals surface area contributed by atoms with Crippen LogP contribution in [-0.4, -0.2) is 5.11 Å². The lowest BCUT2D eigenvalue weighted by atomic mass is 9.80. The lowest BCUT2D eigenvalue weighted by molar-refractivity contribution is 0.419. The maximum Gasteiger partial charge on any atom is 0.130 e. The second kappa shape index (κ2) is 5.04. The van der Waals surface area contributed by atoms with E-state index in [1.165, 1.54) is 30.9 Å². The maximum atomic E-state index is 13.6. The third-order valence-corrected chi connectivity index (χ3v) is 3.99. The van der Waals surface area contributed by atoms with Crippen LogP contribution in [0.3, 0.4) is 0 Å². The van der Waals surface area contributed by atoms with Gasteiger partial charge >= 0.3 is 0 Å². The van der Waals surface area contributed by atoms with Gasteiger partial charge < -0.3 is 5.11 Å². The molecule has 19 heavy (non-hydrogen) atoms. The number of hydrogen-bond acceptors (Lipinski definition) is 1. The van der Waals surface area contributed by atoms with E-state index < -0.39 is 0 Å². The van der Waals surface area contributed by atoms with Gasteiger partial charge in [-0.25, -0.2) is 4.39 Å². The van der Waals surface area contributed by atoms with Crippen molar-refractivity contribution in [2.75, 3.05) is 0 Å². The van der Waals surface area contributed by atoms with Crippen molar-refractivity contribution in [1.82, 2.24) is 0 Å². The van der Waals surface area contributed by atoms with E-state index in [2.05, 4.69) is 24.3 Å². The normalized spacial score (nSPS) is 15.2. The first-order chi connectivity index (χ1) is 9.22. The molecule has 1 saturated carbocycles. The number of phenolic OH excluding ortho intramolecular Hbond substituents is 1. The maximum absolute atomic E-state index is 13.6. The summed E-state index contributed by atoms with van der Waals surface area (Å²) in [4.78, 5) is 0. The molecule has 98 valence electrons. The Bertz CT molecular complexity index is 570. The van der Waals surface area contributed by atoms with Crippen LogP contribution in [0.4, 0.5) is 4.39 Å². The summed E-state index contributed by atoms with van der Waals surface area (Å²) in [5, 5.41) is 9.19. The first-order valence-electron chi connectivity index (χ1n) is 6.78. The van der Waals surface area contributed by atoms with Crippen LogP contribution in [-0.2, 0) is 6.42 Å². The van der Waals surface area contributed by atoms with Crippen LogP contribution in [0.1, 0.15) is 41.9 Å². The van der Waals surface area contributed by atoms with Crippen molar-refractivity contribution in [2.24, 2.45) is 0 Å². The highest BCUT2D eigenvalue weighted by atomic mass is 19.1. The van der Waals surface area contributed by atoms with Crippen LogP contribution in [0.5, 0.6) is 5.75 Å². The summed E-state index contributed by atoms with van der Waals surface area (Å²) in [6, 6.07) is 12.8. The van der Waals surface area contributed by atoms with E-state index in [0.717, 1.165) is 17.5 Å². The first-order valence-corrected chi connectivity index (χ1v) is 6.78. The summed E-state index contributed by atoms with van der Waals surface area (Å²) >= 11 is 0. The monoisotopic (exact) mass is 256 g/mol. The Morgan fingerprint density at radius 2 is 1.79 bits per heavy atom. The molecule has 2 aromatic carbocycles. The molecule has 1 nitrogen and oxygen atoms in total. The van der Waals surface area contributed by atoms with Crippen LogP contribution in [0.15, 0.2) is 42.5 Å². The third-order valence-electron chi connectivity index (χ3n) is 3.99. The standard InChI is InChI=1S/C17H17FO/c18-17-11-16(19)9-8-15(17)10-12-4-6-14(7-5-12)13-2-1-3-13/h4-9,11,13,19H,1-3,10H2. The summed E-state index contributed by atoms with van der Waals surface area (Å²) < 4.78 is 13.6. The van der Waals surface area contributed by atoms with Crippen molar-refractivity contribution in [2.45, 2.75) is 31.6 Å². The molecule has 0 spiro atoms. The van der Waals surface area contributed by atoms with Gasteiger partial charge in [-0.15, -0.1) is 0 Å². The molecule has 0 saturated heterocycles. The highest BCUT2D eigenvalue weighted by Gasteiger charge is 2.18. The van der Waals surface area contributed by atoms with Crippen LogP contribution in [0, 0.1) is 5.82 Å². The van der Waals surface area contributed by atoms with E-state index in [1.807, 2.05) is 0 Å². The van der Waals surface area contributed by atoms with Crippen LogP contribution >= 0.6 is 0 Å². The summed E-state index contributed by atoms with van der Waals surface area (Å²) in [6.07, 6.45) is 4.50. The van der Waals surface area contributed by atoms with Crippen LogP contribution < -0.4 is 0 Å². The fourth-order valence-electron chi connectivity index (χ4n) is 2.55. The Labute approximate surface area is 112 Å². The molecule has 0 unspecified atom stereocenters. The van der Waals surface area contributed by atoms with Crippen molar-refractivity contribution >= 4 is 0 Å². The van der Waals surface area contributed by atoms with Crippen LogP contribution in [0.2, 0.25) is 0 Å². The molecular weight excluding hydrogens is 239 g/mol. The Morgan fingerprint density at radius 3 is 2.37 bits per heavy atom. The number of benzene rings is 2. The van der Waals surface area contributed by atoms with E-state index in [9.17, 15) is 9.50 Å². The van der Waals surface area contributed by atoms with Gasteiger partial charge in [-0.05, 0) is 41.5 Å². The molecule has 3 rings (SSSR count). The Kier molecular flexibility index (Phi) is 3.24. The number of hydrogen-bond donors (Lipinski definition) is 1. The van der Waals surface area contributed by atoms with Crippen molar-refractivity contribution < 1.29 is 9.50 Å². The molecule has 1 aliphatic rings. The highest BCUT2D eigenvalue weighted by molar-refractivity contribution is 5.34. The number of rotatable bonds is 3. The van der Waals surface area contributed by atoms with Crippen molar-refractivity contribution in [3.63, 3.8) is 0 Å². The Morgan fingerprint density at radius 1 is 1.05 bits per heavy atom. The minimum absolute atomic E-state index is 0.0263. The smallest absolute Gasteiger partial charge is 0.130 e. The van der Waals surface area contributed by atoms with Crippen molar-refractivity contribution in [1.29, 1.82) is 0 Å². The van der Waals surface area contributed by atoms with E-state index in [4.69, 9.17) is 0 Å². The average molecular weight is 256 g/mol. The van der Waals surface area contributed by atoms with Gasteiger partial charge in [0.25, 0.3) is 0 Å². The van der Waals surface area contributed by atoms with Gasteiger partial charge in [-0.1, -0.05) is 36.8 Å². The second-order valence-electron chi connectivity index (χ2n) is 5.32. The number of halogens is 1. The van der Waals surface area contributed by atoms with Gasteiger partial charge in [0.05, 0.1) is 0 Å². The number of phenols is 1. The van der Waals surface area contributed by atoms with Gasteiger partial charge in [0.1, 0.15) is 11.6 Å². The molecule has 1 fully saturated rings. The molecule has 2 heteroatoms. The molecule has 0 radical (unpaired) electrons. The van der Waals surface area contributed by atoms with Crippen molar-refractivity contribution in [3.05, 3.63) is 65.0 Å². The Hall–Kier alpha value is -1.83. The lowest BCUT2D eigenvalue weighted by Crippen LogP contribution is -2.08. The van der Waals surface area contributed by atoms with E-state index in [-0.39, 0.29) is 11.6 Å². The Balaban J connectivity index is 1.75. The summed E-state index contributed by atoms with van der Waals surface area (Å²) in [5.41, 5.74) is 3.13. The topological polar surface area (TPSA) is 20.2 Å². The first kappa shape index (κ1) is 12.2. The minimum atomic E-state index is -0.344. The molecule has 0 heterocycles. The van der Waals surface area contributed by atoms with E-state index in [1.54, 1.807) is 6.07 Å². The molecule has 1 N–H and O–H groups in total. The van der Waals surface area contributed by atoms with Crippen LogP contribution in [0.25, 0.3) is 0 Å².